The Morgan fingerprint density at radius 3 is 1.74 bits per heavy atom. The fourth-order valence-corrected chi connectivity index (χ4v) is 15.0. The highest BCUT2D eigenvalue weighted by Gasteiger charge is 2.81. The summed E-state index contributed by atoms with van der Waals surface area (Å²) in [5.41, 5.74) is -6.29. The number of carbonyl (C=O) groups excluding carboxylic acids is 2. The Bertz CT molecular complexity index is 2300. The average Bonchev–Trinajstić information content (AvgIpc) is 2.85. The van der Waals surface area contributed by atoms with E-state index in [1.807, 2.05) is 57.2 Å². The van der Waals surface area contributed by atoms with Gasteiger partial charge in [0.25, 0.3) is 0 Å². The third-order valence-corrected chi connectivity index (χ3v) is 19.7. The number of aliphatic hydroxyl groups is 5. The van der Waals surface area contributed by atoms with Gasteiger partial charge in [-0.2, -0.15) is 0 Å². The van der Waals surface area contributed by atoms with Crippen LogP contribution in [0, 0.1) is 16.7 Å². The summed E-state index contributed by atoms with van der Waals surface area (Å²) in [5.74, 6) is -1.82. The Labute approximate surface area is 458 Å². The van der Waals surface area contributed by atoms with Crippen LogP contribution in [0.15, 0.2) is 48.1 Å². The van der Waals surface area contributed by atoms with Crippen LogP contribution in [0.4, 0.5) is 0 Å². The van der Waals surface area contributed by atoms with Crippen molar-refractivity contribution >= 4 is 17.8 Å². The van der Waals surface area contributed by atoms with Crippen molar-refractivity contribution in [2.75, 3.05) is 28.4 Å². The Kier molecular flexibility index (Phi) is 18.0. The molecule has 8 aliphatic rings. The molecule has 20 nitrogen and oxygen atoms in total. The normalized spacial score (nSPS) is 48.6. The number of fused-ring (bicyclic) bond motifs is 5. The molecule has 1 aromatic rings. The molecule has 0 radical (unpaired) electrons. The third-order valence-electron chi connectivity index (χ3n) is 19.7. The zero-order valence-electron chi connectivity index (χ0n) is 47.1. The number of ketones is 1. The van der Waals surface area contributed by atoms with E-state index >= 15 is 0 Å². The van der Waals surface area contributed by atoms with Crippen molar-refractivity contribution in [1.82, 2.24) is 0 Å². The highest BCUT2D eigenvalue weighted by atomic mass is 16.8. The van der Waals surface area contributed by atoms with Crippen molar-refractivity contribution in [3.05, 3.63) is 53.6 Å². The second-order valence-corrected chi connectivity index (χ2v) is 23.7. The van der Waals surface area contributed by atoms with Gasteiger partial charge in [-0.15, -0.1) is 0 Å². The fraction of sp³-hybridized carbons (Fsp3) is 0.793. The molecule has 0 bridgehead atoms. The molecule has 5 N–H and O–H groups in total. The molecule has 0 unspecified atom stereocenters. The second-order valence-electron chi connectivity index (χ2n) is 23.7. The summed E-state index contributed by atoms with van der Waals surface area (Å²) in [6, 6.07) is 9.29. The Morgan fingerprint density at radius 1 is 0.654 bits per heavy atom. The molecule has 4 aliphatic heterocycles. The first-order valence-corrected chi connectivity index (χ1v) is 28.0. The molecule has 0 amide bonds. The number of hydrogen-bond donors (Lipinski definition) is 5. The van der Waals surface area contributed by atoms with Gasteiger partial charge in [0.05, 0.1) is 54.2 Å². The van der Waals surface area contributed by atoms with Gasteiger partial charge in [-0.25, -0.2) is 4.79 Å². The predicted molar refractivity (Wildman–Crippen MR) is 277 cm³/mol. The largest absolute Gasteiger partial charge is 0.458 e. The first-order valence-electron chi connectivity index (χ1n) is 28.0. The molecule has 0 aromatic heterocycles. The van der Waals surface area contributed by atoms with Gasteiger partial charge in [0.1, 0.15) is 59.5 Å². The van der Waals surface area contributed by atoms with E-state index in [9.17, 15) is 35.1 Å². The van der Waals surface area contributed by atoms with E-state index in [1.165, 1.54) is 20.1 Å². The van der Waals surface area contributed by atoms with Gasteiger partial charge in [-0.3, -0.25) is 4.79 Å². The number of carbonyl (C=O) groups is 2. The van der Waals surface area contributed by atoms with Crippen molar-refractivity contribution in [3.8, 4) is 0 Å². The molecular formula is C58H86O20. The highest BCUT2D eigenvalue weighted by Crippen LogP contribution is 2.71. The van der Waals surface area contributed by atoms with Crippen LogP contribution in [0.25, 0.3) is 6.08 Å². The molecule has 3 saturated carbocycles. The summed E-state index contributed by atoms with van der Waals surface area (Å²) < 4.78 is 81.0. The maximum absolute atomic E-state index is 13.6. The predicted octanol–water partition coefficient (Wildman–Crippen LogP) is 4.21. The summed E-state index contributed by atoms with van der Waals surface area (Å²) in [6.45, 7) is 12.3. The van der Waals surface area contributed by atoms with E-state index in [2.05, 4.69) is 6.92 Å². The van der Waals surface area contributed by atoms with Crippen molar-refractivity contribution in [3.63, 3.8) is 0 Å². The fourth-order valence-electron chi connectivity index (χ4n) is 15.0. The maximum Gasteiger partial charge on any atom is 0.331 e. The molecule has 4 heterocycles. The van der Waals surface area contributed by atoms with Gasteiger partial charge < -0.3 is 87.1 Å². The van der Waals surface area contributed by atoms with Crippen molar-refractivity contribution in [2.45, 2.75) is 246 Å². The van der Waals surface area contributed by atoms with Gasteiger partial charge in [0, 0.05) is 59.7 Å². The van der Waals surface area contributed by atoms with Crippen LogP contribution in [0.2, 0.25) is 0 Å². The number of methoxy groups -OCH3 is 4. The number of benzene rings is 1. The van der Waals surface area contributed by atoms with Crippen molar-refractivity contribution < 1.29 is 96.7 Å². The van der Waals surface area contributed by atoms with Gasteiger partial charge in [-0.1, -0.05) is 48.9 Å². The molecule has 4 saturated heterocycles. The summed E-state index contributed by atoms with van der Waals surface area (Å²) in [7, 11) is 6.24. The lowest BCUT2D eigenvalue weighted by molar-refractivity contribution is -0.356. The lowest BCUT2D eigenvalue weighted by Crippen LogP contribution is -2.78. The van der Waals surface area contributed by atoms with Gasteiger partial charge in [0.2, 0.25) is 0 Å². The standard InChI is InChI=1S/C58H86O20/c1-30-47(61)52(69-11)48(62)53(73-30)78-51-33(4)72-46(28-40(51)68-10)77-50-32(3)71-45(27-39(50)67-9)76-49-31(2)70-44(26-38(49)66-8)74-37-20-21-54(6)36(25-37)19-22-57(64)41(54)29-42(75-43(60)18-17-35-15-13-12-14-16-35)55(7)56(63,34(5)59)23-24-58(55,57)65/h12-19,30-33,37-42,44-53,61-65H,20-29H2,1-11H3/b18-17+/t30-,31-,32-,33-,37+,38+,39+,40-,41-,42-,44+,45+,46+,47-,48-,49-,50-,51-,52+,53+,54+,55-,56-,57+,58-/m1/s1. The molecule has 78 heavy (non-hydrogen) atoms. The zero-order chi connectivity index (χ0) is 56.3. The maximum atomic E-state index is 13.6. The van der Waals surface area contributed by atoms with Gasteiger partial charge in [0.15, 0.2) is 30.9 Å². The minimum Gasteiger partial charge on any atom is -0.458 e. The van der Waals surface area contributed by atoms with Crippen LogP contribution >= 0.6 is 0 Å². The first kappa shape index (κ1) is 59.8. The van der Waals surface area contributed by atoms with Crippen LogP contribution in [-0.2, 0) is 71.2 Å². The minimum atomic E-state index is -2.05. The monoisotopic (exact) mass is 1100 g/mol. The number of esters is 1. The van der Waals surface area contributed by atoms with Crippen LogP contribution in [0.1, 0.15) is 118 Å². The average molecular weight is 1100 g/mol. The lowest BCUT2D eigenvalue weighted by atomic mass is 9.42. The van der Waals surface area contributed by atoms with Crippen LogP contribution < -0.4 is 0 Å². The van der Waals surface area contributed by atoms with E-state index in [0.29, 0.717) is 38.5 Å². The SMILES string of the molecule is CO[C@@H]1[C@@H](O)[C@H](O[C@@H]2[C@@H](C)O[C@@H](O[C@H]3[C@@H](OC)C[C@H](O[C@H]4[C@@H](OC)C[C@H](O[C@H]5CC[C@@]6(C)C(=CC[C@]7(O)[C@@H]6C[C@@H](OC(=O)/C=C/c6ccccc6)[C@@]6(C)[C@]7(O)CC[C@@]6(O)C(C)=O)C5)O[C@@H]4C)O[C@@H]3C)C[C@H]2OC)O[C@H](C)[C@H]1O. The number of rotatable bonds is 16. The molecular weight excluding hydrogens is 1020 g/mol. The number of hydrogen-bond acceptors (Lipinski definition) is 20. The summed E-state index contributed by atoms with van der Waals surface area (Å²) in [4.78, 5) is 27.0. The Hall–Kier alpha value is -2.84. The molecule has 25 atom stereocenters. The molecule has 438 valence electrons. The zero-order valence-corrected chi connectivity index (χ0v) is 47.1. The summed E-state index contributed by atoms with van der Waals surface area (Å²) in [6.07, 6.45) is -5.13. The van der Waals surface area contributed by atoms with E-state index in [-0.39, 0.29) is 31.8 Å². The topological polar surface area (TPSA) is 255 Å². The Morgan fingerprint density at radius 2 is 1.21 bits per heavy atom. The number of Topliss-reactive ketones (excluding diaryl/α,β-unsaturated/α-hetero) is 1. The minimum absolute atomic E-state index is 0.0552. The molecule has 1 aromatic carbocycles. The van der Waals surface area contributed by atoms with Crippen LogP contribution in [-0.4, -0.2) is 199 Å². The molecule has 9 rings (SSSR count). The van der Waals surface area contributed by atoms with Crippen molar-refractivity contribution in [1.29, 1.82) is 0 Å². The highest BCUT2D eigenvalue weighted by molar-refractivity contribution is 5.88. The summed E-state index contributed by atoms with van der Waals surface area (Å²) >= 11 is 0. The quantitative estimate of drug-likeness (QED) is 0.0883. The van der Waals surface area contributed by atoms with E-state index < -0.39 is 156 Å². The van der Waals surface area contributed by atoms with Gasteiger partial charge in [-0.05, 0) is 104 Å². The van der Waals surface area contributed by atoms with Crippen molar-refractivity contribution in [2.24, 2.45) is 16.7 Å². The number of ether oxygens (including phenoxy) is 13. The van der Waals surface area contributed by atoms with E-state index in [4.69, 9.17) is 61.6 Å². The summed E-state index contributed by atoms with van der Waals surface area (Å²) in [5, 5.41) is 59.5. The third kappa shape index (κ3) is 10.5. The van der Waals surface area contributed by atoms with E-state index in [0.717, 1.165) is 11.1 Å². The molecule has 0 spiro atoms. The van der Waals surface area contributed by atoms with Crippen LogP contribution in [0.5, 0.6) is 0 Å². The molecule has 4 aliphatic carbocycles. The molecule has 20 heteroatoms. The van der Waals surface area contributed by atoms with E-state index in [1.54, 1.807) is 41.3 Å². The first-order chi connectivity index (χ1) is 37.0. The molecule has 7 fully saturated rings. The van der Waals surface area contributed by atoms with Gasteiger partial charge >= 0.3 is 5.97 Å². The number of aliphatic hydroxyl groups excluding tert-OH is 2. The second kappa shape index (κ2) is 23.4. The lowest BCUT2D eigenvalue weighted by Gasteiger charge is -2.67. The smallest absolute Gasteiger partial charge is 0.331 e. The van der Waals surface area contributed by atoms with Crippen LogP contribution in [0.3, 0.4) is 0 Å². The Balaban J connectivity index is 0.810.